The van der Waals surface area contributed by atoms with Crippen molar-refractivity contribution in [3.63, 3.8) is 0 Å². The lowest BCUT2D eigenvalue weighted by Crippen LogP contribution is -2.30. The van der Waals surface area contributed by atoms with Crippen LogP contribution < -0.4 is 0 Å². The van der Waals surface area contributed by atoms with Crippen LogP contribution in [0.3, 0.4) is 0 Å². The molecule has 2 aromatic rings. The molecule has 1 heterocycles. The van der Waals surface area contributed by atoms with E-state index in [1.807, 2.05) is 0 Å². The molecule has 0 aliphatic carbocycles. The van der Waals surface area contributed by atoms with Crippen molar-refractivity contribution in [1.29, 1.82) is 0 Å². The summed E-state index contributed by atoms with van der Waals surface area (Å²) in [6.45, 7) is 0.555. The molecule has 0 N–H and O–H groups in total. The van der Waals surface area contributed by atoms with Gasteiger partial charge in [-0.15, -0.1) is 11.8 Å². The minimum Gasteiger partial charge on any atom is -0.322 e. The fraction of sp³-hybridized carbons (Fsp3) is 0.188. The monoisotopic (exact) mass is 305 g/mol. The number of benzene rings is 2. The van der Waals surface area contributed by atoms with Crippen LogP contribution in [-0.4, -0.2) is 23.1 Å². The molecule has 1 atom stereocenters. The Morgan fingerprint density at radius 1 is 1.10 bits per heavy atom. The van der Waals surface area contributed by atoms with Gasteiger partial charge in [0.05, 0.1) is 0 Å². The van der Waals surface area contributed by atoms with Crippen LogP contribution in [-0.2, 0) is 0 Å². The smallest absolute Gasteiger partial charge is 0.255 e. The van der Waals surface area contributed by atoms with E-state index in [9.17, 15) is 13.6 Å². The molecule has 0 radical (unpaired) electrons. The fourth-order valence-electron chi connectivity index (χ4n) is 2.37. The number of nitrogens with zero attached hydrogens (tertiary/aromatic N) is 1. The van der Waals surface area contributed by atoms with Gasteiger partial charge in [-0.25, -0.2) is 8.78 Å². The number of halogens is 2. The number of hydrogen-bond acceptors (Lipinski definition) is 2. The summed E-state index contributed by atoms with van der Waals surface area (Å²) in [4.78, 5) is 14.2. The summed E-state index contributed by atoms with van der Waals surface area (Å²) in [7, 11) is 0. The van der Waals surface area contributed by atoms with Gasteiger partial charge < -0.3 is 4.90 Å². The van der Waals surface area contributed by atoms with E-state index in [1.54, 1.807) is 23.1 Å². The van der Waals surface area contributed by atoms with E-state index in [0.717, 1.165) is 5.75 Å². The quantitative estimate of drug-likeness (QED) is 0.840. The van der Waals surface area contributed by atoms with Crippen molar-refractivity contribution in [2.24, 2.45) is 0 Å². The lowest BCUT2D eigenvalue weighted by molar-refractivity contribution is 0.0759. The van der Waals surface area contributed by atoms with Crippen molar-refractivity contribution in [1.82, 2.24) is 4.90 Å². The van der Waals surface area contributed by atoms with E-state index in [4.69, 9.17) is 0 Å². The maximum Gasteiger partial charge on any atom is 0.255 e. The molecule has 21 heavy (non-hydrogen) atoms. The molecule has 0 saturated carbocycles. The largest absolute Gasteiger partial charge is 0.322 e. The van der Waals surface area contributed by atoms with Crippen LogP contribution in [0.1, 0.15) is 21.3 Å². The number of carbonyl (C=O) groups excluding carboxylic acids is 1. The van der Waals surface area contributed by atoms with Crippen molar-refractivity contribution in [2.75, 3.05) is 12.3 Å². The average molecular weight is 305 g/mol. The minimum absolute atomic E-state index is 0.201. The van der Waals surface area contributed by atoms with Gasteiger partial charge in [-0.1, -0.05) is 18.2 Å². The summed E-state index contributed by atoms with van der Waals surface area (Å²) in [5.41, 5.74) is 0.927. The number of thioether (sulfide) groups is 1. The first-order valence-electron chi connectivity index (χ1n) is 6.59. The maximum absolute atomic E-state index is 13.9. The Labute approximate surface area is 125 Å². The van der Waals surface area contributed by atoms with Gasteiger partial charge in [-0.2, -0.15) is 0 Å². The lowest BCUT2D eigenvalue weighted by atomic mass is 10.1. The summed E-state index contributed by atoms with van der Waals surface area (Å²) >= 11 is 1.53. The molecule has 0 aromatic heterocycles. The highest BCUT2D eigenvalue weighted by Gasteiger charge is 2.32. The first kappa shape index (κ1) is 14.1. The van der Waals surface area contributed by atoms with Gasteiger partial charge >= 0.3 is 0 Å². The summed E-state index contributed by atoms with van der Waals surface area (Å²) in [6, 6.07) is 11.9. The number of rotatable bonds is 2. The van der Waals surface area contributed by atoms with Gasteiger partial charge in [-0.05, 0) is 30.3 Å². The zero-order valence-corrected chi connectivity index (χ0v) is 11.9. The Hall–Kier alpha value is -1.88. The molecule has 2 aromatic carbocycles. The molecule has 1 amide bonds. The van der Waals surface area contributed by atoms with Crippen LogP contribution in [0.15, 0.2) is 48.5 Å². The molecule has 0 unspecified atom stereocenters. The van der Waals surface area contributed by atoms with Crippen molar-refractivity contribution >= 4 is 17.7 Å². The van der Waals surface area contributed by atoms with Crippen molar-refractivity contribution in [3.8, 4) is 0 Å². The fourth-order valence-corrected chi connectivity index (χ4v) is 3.65. The van der Waals surface area contributed by atoms with E-state index < -0.39 is 0 Å². The van der Waals surface area contributed by atoms with E-state index >= 15 is 0 Å². The second-order valence-electron chi connectivity index (χ2n) is 4.75. The zero-order chi connectivity index (χ0) is 14.8. The second-order valence-corrected chi connectivity index (χ2v) is 5.94. The Bertz CT molecular complexity index is 660. The first-order valence-corrected chi connectivity index (χ1v) is 7.64. The van der Waals surface area contributed by atoms with Crippen LogP contribution in [0.4, 0.5) is 8.78 Å². The topological polar surface area (TPSA) is 20.3 Å². The normalized spacial score (nSPS) is 18.0. The van der Waals surface area contributed by atoms with Crippen molar-refractivity contribution in [3.05, 3.63) is 71.3 Å². The maximum atomic E-state index is 13.9. The third kappa shape index (κ3) is 2.78. The standard InChI is InChI=1S/C16H13F2NOS/c17-12-7-5-11(6-8-12)15(20)19-9-10-21-16(19)13-3-1-2-4-14(13)18/h1-8,16H,9-10H2/t16-/m1/s1. The predicted octanol–water partition coefficient (Wildman–Crippen LogP) is 3.85. The molecule has 5 heteroatoms. The van der Waals surface area contributed by atoms with Crippen molar-refractivity contribution < 1.29 is 13.6 Å². The summed E-state index contributed by atoms with van der Waals surface area (Å²) in [5.74, 6) is -0.138. The van der Waals surface area contributed by atoms with E-state index in [0.29, 0.717) is 17.7 Å². The molecular formula is C16H13F2NOS. The second kappa shape index (κ2) is 5.85. The SMILES string of the molecule is O=C(c1ccc(F)cc1)N1CCS[C@@H]1c1ccccc1F. The van der Waals surface area contributed by atoms with Crippen LogP contribution in [0.2, 0.25) is 0 Å². The lowest BCUT2D eigenvalue weighted by Gasteiger charge is -2.24. The van der Waals surface area contributed by atoms with Gasteiger partial charge in [0.25, 0.3) is 5.91 Å². The Morgan fingerprint density at radius 2 is 1.81 bits per heavy atom. The van der Waals surface area contributed by atoms with Crippen LogP contribution in [0, 0.1) is 11.6 Å². The molecule has 0 bridgehead atoms. The molecule has 2 nitrogen and oxygen atoms in total. The highest BCUT2D eigenvalue weighted by Crippen LogP contribution is 2.39. The first-order chi connectivity index (χ1) is 10.2. The van der Waals surface area contributed by atoms with Gasteiger partial charge in [0.1, 0.15) is 17.0 Å². The Kier molecular flexibility index (Phi) is 3.92. The van der Waals surface area contributed by atoms with E-state index in [1.165, 1.54) is 42.1 Å². The number of amides is 1. The molecule has 1 aliphatic rings. The van der Waals surface area contributed by atoms with E-state index in [-0.39, 0.29) is 22.9 Å². The summed E-state index contributed by atoms with van der Waals surface area (Å²) < 4.78 is 26.9. The van der Waals surface area contributed by atoms with E-state index in [2.05, 4.69) is 0 Å². The number of carbonyl (C=O) groups is 1. The highest BCUT2D eigenvalue weighted by molar-refractivity contribution is 7.99. The highest BCUT2D eigenvalue weighted by atomic mass is 32.2. The molecule has 3 rings (SSSR count). The van der Waals surface area contributed by atoms with Crippen LogP contribution >= 0.6 is 11.8 Å². The Balaban J connectivity index is 1.89. The zero-order valence-electron chi connectivity index (χ0n) is 11.1. The Morgan fingerprint density at radius 3 is 2.52 bits per heavy atom. The van der Waals surface area contributed by atoms with Crippen LogP contribution in [0.25, 0.3) is 0 Å². The molecule has 1 saturated heterocycles. The molecule has 1 aliphatic heterocycles. The van der Waals surface area contributed by atoms with Gasteiger partial charge in [0.2, 0.25) is 0 Å². The summed E-state index contributed by atoms with van der Waals surface area (Å²) in [6.07, 6.45) is 0. The van der Waals surface area contributed by atoms with Gasteiger partial charge in [-0.3, -0.25) is 4.79 Å². The number of hydrogen-bond donors (Lipinski definition) is 0. The molecule has 108 valence electrons. The van der Waals surface area contributed by atoms with Gasteiger partial charge in [0, 0.05) is 23.4 Å². The minimum atomic E-state index is -0.381. The third-order valence-electron chi connectivity index (χ3n) is 3.41. The molecule has 1 fully saturated rings. The summed E-state index contributed by atoms with van der Waals surface area (Å²) in [5, 5.41) is -0.330. The molecular weight excluding hydrogens is 292 g/mol. The average Bonchev–Trinajstić information content (AvgIpc) is 2.97. The third-order valence-corrected chi connectivity index (χ3v) is 4.66. The van der Waals surface area contributed by atoms with Crippen LogP contribution in [0.5, 0.6) is 0 Å². The predicted molar refractivity (Wildman–Crippen MR) is 79.0 cm³/mol. The molecule has 0 spiro atoms. The van der Waals surface area contributed by atoms with Crippen molar-refractivity contribution in [2.45, 2.75) is 5.37 Å². The van der Waals surface area contributed by atoms with Gasteiger partial charge in [0.15, 0.2) is 0 Å².